The van der Waals surface area contributed by atoms with Crippen LogP contribution in [0.2, 0.25) is 0 Å². The highest BCUT2D eigenvalue weighted by molar-refractivity contribution is 7.85. The Bertz CT molecular complexity index is 165. The third-order valence-corrected chi connectivity index (χ3v) is 3.89. The van der Waals surface area contributed by atoms with Gasteiger partial charge in [0, 0.05) is 41.4 Å². The van der Waals surface area contributed by atoms with Gasteiger partial charge in [0.25, 0.3) is 0 Å². The fraction of sp³-hybridized carbons (Fsp3) is 1.00. The van der Waals surface area contributed by atoms with E-state index in [9.17, 15) is 4.21 Å². The zero-order chi connectivity index (χ0) is 9.68. The molecule has 4 heteroatoms. The SMILES string of the molecule is CCC(N)CCN1CCS(=O)CC1. The molecule has 0 spiro atoms. The lowest BCUT2D eigenvalue weighted by molar-refractivity contribution is 0.285. The van der Waals surface area contributed by atoms with Crippen molar-refractivity contribution in [1.82, 2.24) is 4.90 Å². The van der Waals surface area contributed by atoms with Gasteiger partial charge in [-0.2, -0.15) is 0 Å². The predicted molar refractivity (Wildman–Crippen MR) is 57.2 cm³/mol. The summed E-state index contributed by atoms with van der Waals surface area (Å²) in [6.45, 7) is 5.17. The van der Waals surface area contributed by atoms with Gasteiger partial charge in [-0.05, 0) is 19.4 Å². The molecule has 1 rings (SSSR count). The second kappa shape index (κ2) is 5.73. The van der Waals surface area contributed by atoms with Crippen LogP contribution in [0.4, 0.5) is 0 Å². The summed E-state index contributed by atoms with van der Waals surface area (Å²) >= 11 is 0. The molecule has 0 saturated carbocycles. The van der Waals surface area contributed by atoms with Crippen LogP contribution in [0, 0.1) is 0 Å². The zero-order valence-corrected chi connectivity index (χ0v) is 9.18. The lowest BCUT2D eigenvalue weighted by atomic mass is 10.1. The molecule has 0 radical (unpaired) electrons. The number of hydrogen-bond acceptors (Lipinski definition) is 3. The second-order valence-corrected chi connectivity index (χ2v) is 5.34. The normalized spacial score (nSPS) is 23.2. The van der Waals surface area contributed by atoms with E-state index < -0.39 is 10.8 Å². The average molecular weight is 204 g/mol. The van der Waals surface area contributed by atoms with Gasteiger partial charge in [0.15, 0.2) is 0 Å². The Labute approximate surface area is 83.1 Å². The first-order valence-corrected chi connectivity index (χ1v) is 6.54. The first-order chi connectivity index (χ1) is 6.22. The first-order valence-electron chi connectivity index (χ1n) is 5.05. The van der Waals surface area contributed by atoms with Crippen molar-refractivity contribution in [3.05, 3.63) is 0 Å². The van der Waals surface area contributed by atoms with Crippen molar-refractivity contribution in [3.8, 4) is 0 Å². The summed E-state index contributed by atoms with van der Waals surface area (Å²) in [6.07, 6.45) is 2.13. The van der Waals surface area contributed by atoms with E-state index >= 15 is 0 Å². The summed E-state index contributed by atoms with van der Waals surface area (Å²) in [7, 11) is -0.550. The van der Waals surface area contributed by atoms with Gasteiger partial charge in [0.1, 0.15) is 0 Å². The number of nitrogens with two attached hydrogens (primary N) is 1. The molecule has 78 valence electrons. The fourth-order valence-electron chi connectivity index (χ4n) is 1.45. The third-order valence-electron chi connectivity index (χ3n) is 2.61. The standard InChI is InChI=1S/C9H20N2OS/c1-2-9(10)3-4-11-5-7-13(12)8-6-11/h9H,2-8,10H2,1H3. The Balaban J connectivity index is 2.12. The van der Waals surface area contributed by atoms with Gasteiger partial charge in [-0.15, -0.1) is 0 Å². The molecule has 0 aliphatic carbocycles. The molecule has 1 saturated heterocycles. The monoisotopic (exact) mass is 204 g/mol. The Hall–Kier alpha value is 0.0700. The Morgan fingerprint density at radius 2 is 2.08 bits per heavy atom. The van der Waals surface area contributed by atoms with Crippen LogP contribution >= 0.6 is 0 Å². The molecule has 0 aromatic heterocycles. The van der Waals surface area contributed by atoms with Crippen LogP contribution in [0.25, 0.3) is 0 Å². The molecule has 1 aliphatic rings. The minimum absolute atomic E-state index is 0.340. The topological polar surface area (TPSA) is 46.3 Å². The molecule has 0 aromatic rings. The zero-order valence-electron chi connectivity index (χ0n) is 8.37. The maximum atomic E-state index is 11.1. The largest absolute Gasteiger partial charge is 0.328 e. The summed E-state index contributed by atoms with van der Waals surface area (Å²) < 4.78 is 11.1. The summed E-state index contributed by atoms with van der Waals surface area (Å²) in [4.78, 5) is 2.37. The van der Waals surface area contributed by atoms with Crippen molar-refractivity contribution < 1.29 is 4.21 Å². The third kappa shape index (κ3) is 4.20. The first kappa shape index (κ1) is 11.1. The molecule has 3 nitrogen and oxygen atoms in total. The smallest absolute Gasteiger partial charge is 0.0363 e. The van der Waals surface area contributed by atoms with Gasteiger partial charge < -0.3 is 10.6 Å². The Kier molecular flexibility index (Phi) is 4.91. The maximum absolute atomic E-state index is 11.1. The number of hydrogen-bond donors (Lipinski definition) is 1. The highest BCUT2D eigenvalue weighted by Gasteiger charge is 2.14. The molecule has 1 fully saturated rings. The van der Waals surface area contributed by atoms with E-state index in [1.54, 1.807) is 0 Å². The molecule has 0 bridgehead atoms. The van der Waals surface area contributed by atoms with Crippen molar-refractivity contribution in [2.45, 2.75) is 25.8 Å². The highest BCUT2D eigenvalue weighted by Crippen LogP contribution is 2.02. The van der Waals surface area contributed by atoms with Gasteiger partial charge in [-0.1, -0.05) is 6.92 Å². The number of nitrogens with zero attached hydrogens (tertiary/aromatic N) is 1. The molecule has 1 atom stereocenters. The van der Waals surface area contributed by atoms with Crippen LogP contribution in [-0.2, 0) is 10.8 Å². The van der Waals surface area contributed by atoms with Crippen LogP contribution in [0.1, 0.15) is 19.8 Å². The van der Waals surface area contributed by atoms with E-state index in [-0.39, 0.29) is 0 Å². The summed E-state index contributed by atoms with van der Waals surface area (Å²) in [5, 5.41) is 0. The van der Waals surface area contributed by atoms with Gasteiger partial charge >= 0.3 is 0 Å². The van der Waals surface area contributed by atoms with Crippen molar-refractivity contribution in [1.29, 1.82) is 0 Å². The van der Waals surface area contributed by atoms with E-state index in [1.165, 1.54) is 0 Å². The van der Waals surface area contributed by atoms with Crippen molar-refractivity contribution in [2.75, 3.05) is 31.1 Å². The van der Waals surface area contributed by atoms with E-state index in [4.69, 9.17) is 5.73 Å². The molecule has 2 N–H and O–H groups in total. The molecular weight excluding hydrogens is 184 g/mol. The van der Waals surface area contributed by atoms with E-state index in [2.05, 4.69) is 11.8 Å². The van der Waals surface area contributed by atoms with Gasteiger partial charge in [0.2, 0.25) is 0 Å². The van der Waals surface area contributed by atoms with E-state index in [0.29, 0.717) is 6.04 Å². The summed E-state index contributed by atoms with van der Waals surface area (Å²) in [5.41, 5.74) is 5.83. The van der Waals surface area contributed by atoms with E-state index in [0.717, 1.165) is 44.0 Å². The maximum Gasteiger partial charge on any atom is 0.0363 e. The van der Waals surface area contributed by atoms with Gasteiger partial charge in [-0.3, -0.25) is 4.21 Å². The predicted octanol–water partition coefficient (Wildman–Crippen LogP) is 0.178. The molecule has 1 aliphatic heterocycles. The van der Waals surface area contributed by atoms with E-state index in [1.807, 2.05) is 0 Å². The van der Waals surface area contributed by atoms with Gasteiger partial charge in [0.05, 0.1) is 0 Å². The van der Waals surface area contributed by atoms with Crippen molar-refractivity contribution in [3.63, 3.8) is 0 Å². The molecule has 13 heavy (non-hydrogen) atoms. The Morgan fingerprint density at radius 3 is 2.62 bits per heavy atom. The summed E-state index contributed by atoms with van der Waals surface area (Å²) in [5.74, 6) is 1.70. The summed E-state index contributed by atoms with van der Waals surface area (Å²) in [6, 6.07) is 0.340. The van der Waals surface area contributed by atoms with Crippen molar-refractivity contribution in [2.24, 2.45) is 5.73 Å². The molecular formula is C9H20N2OS. The average Bonchev–Trinajstić information content (AvgIpc) is 2.16. The minimum atomic E-state index is -0.550. The van der Waals surface area contributed by atoms with Crippen LogP contribution < -0.4 is 5.73 Å². The van der Waals surface area contributed by atoms with Gasteiger partial charge in [-0.25, -0.2) is 0 Å². The lowest BCUT2D eigenvalue weighted by Gasteiger charge is -2.26. The van der Waals surface area contributed by atoms with Crippen LogP contribution in [0.5, 0.6) is 0 Å². The van der Waals surface area contributed by atoms with Crippen molar-refractivity contribution >= 4 is 10.8 Å². The van der Waals surface area contributed by atoms with Crippen LogP contribution in [0.3, 0.4) is 0 Å². The molecule has 1 heterocycles. The second-order valence-electron chi connectivity index (χ2n) is 3.65. The molecule has 0 aromatic carbocycles. The quantitative estimate of drug-likeness (QED) is 0.710. The lowest BCUT2D eigenvalue weighted by Crippen LogP contribution is -2.39. The van der Waals surface area contributed by atoms with Crippen LogP contribution in [0.15, 0.2) is 0 Å². The minimum Gasteiger partial charge on any atom is -0.328 e. The molecule has 1 unspecified atom stereocenters. The molecule has 0 amide bonds. The Morgan fingerprint density at radius 1 is 1.46 bits per heavy atom. The highest BCUT2D eigenvalue weighted by atomic mass is 32.2. The number of rotatable bonds is 4. The fourth-order valence-corrected chi connectivity index (χ4v) is 2.58. The van der Waals surface area contributed by atoms with Crippen LogP contribution in [-0.4, -0.2) is 46.3 Å².